The number of hydrogen-bond acceptors (Lipinski definition) is 5. The van der Waals surface area contributed by atoms with Gasteiger partial charge in [0.05, 0.1) is 13.5 Å². The molecule has 0 spiro atoms. The van der Waals surface area contributed by atoms with E-state index in [2.05, 4.69) is 0 Å². The summed E-state index contributed by atoms with van der Waals surface area (Å²) in [4.78, 5) is 12.4. The Morgan fingerprint density at radius 1 is 1.13 bits per heavy atom. The van der Waals surface area contributed by atoms with Crippen molar-refractivity contribution in [2.75, 3.05) is 7.11 Å². The van der Waals surface area contributed by atoms with Crippen molar-refractivity contribution in [3.63, 3.8) is 0 Å². The molecule has 0 amide bonds. The lowest BCUT2D eigenvalue weighted by Crippen LogP contribution is -2.20. The van der Waals surface area contributed by atoms with Crippen LogP contribution in [0.1, 0.15) is 28.4 Å². The first-order valence-corrected chi connectivity index (χ1v) is 7.45. The largest absolute Gasteiger partial charge is 0.504 e. The second-order valence-electron chi connectivity index (χ2n) is 5.09. The van der Waals surface area contributed by atoms with E-state index in [1.54, 1.807) is 18.2 Å². The zero-order valence-corrected chi connectivity index (χ0v) is 13.5. The van der Waals surface area contributed by atoms with Gasteiger partial charge in [-0.05, 0) is 23.8 Å². The number of phenols is 2. The zero-order chi connectivity index (χ0) is 16.7. The zero-order valence-electron chi connectivity index (χ0n) is 12.0. The number of phenolic OH excluding ortho intramolecular Hbond substituents is 2. The van der Waals surface area contributed by atoms with Crippen LogP contribution in [-0.2, 0) is 0 Å². The normalized spacial score (nSPS) is 16.7. The van der Waals surface area contributed by atoms with E-state index < -0.39 is 17.6 Å². The Kier molecular flexibility index (Phi) is 4.00. The van der Waals surface area contributed by atoms with Gasteiger partial charge in [0.15, 0.2) is 17.3 Å². The van der Waals surface area contributed by atoms with E-state index in [1.807, 2.05) is 0 Å². The van der Waals surface area contributed by atoms with Crippen LogP contribution in [0.4, 0.5) is 0 Å². The van der Waals surface area contributed by atoms with Gasteiger partial charge in [-0.3, -0.25) is 4.79 Å². The van der Waals surface area contributed by atoms with Crippen LogP contribution in [-0.4, -0.2) is 23.1 Å². The molecule has 1 unspecified atom stereocenters. The molecule has 120 valence electrons. The lowest BCUT2D eigenvalue weighted by molar-refractivity contribution is 0.0843. The number of ketones is 1. The van der Waals surface area contributed by atoms with Crippen molar-refractivity contribution in [2.24, 2.45) is 0 Å². The van der Waals surface area contributed by atoms with Gasteiger partial charge in [-0.25, -0.2) is 0 Å². The summed E-state index contributed by atoms with van der Waals surface area (Å²) >= 11 is 12.0. The molecule has 0 aliphatic carbocycles. The van der Waals surface area contributed by atoms with Gasteiger partial charge in [0, 0.05) is 16.1 Å². The summed E-state index contributed by atoms with van der Waals surface area (Å²) in [5, 5.41) is 20.7. The van der Waals surface area contributed by atoms with Crippen molar-refractivity contribution >= 4 is 29.0 Å². The van der Waals surface area contributed by atoms with Gasteiger partial charge in [-0.15, -0.1) is 0 Å². The average molecular weight is 355 g/mol. The third-order valence-corrected chi connectivity index (χ3v) is 4.03. The van der Waals surface area contributed by atoms with Crippen molar-refractivity contribution < 1.29 is 24.5 Å². The van der Waals surface area contributed by atoms with Gasteiger partial charge >= 0.3 is 0 Å². The minimum atomic E-state index is -0.597. The van der Waals surface area contributed by atoms with Crippen LogP contribution in [0.15, 0.2) is 24.3 Å². The van der Waals surface area contributed by atoms with E-state index in [-0.39, 0.29) is 29.3 Å². The molecule has 1 aliphatic rings. The second kappa shape index (κ2) is 5.83. The first-order chi connectivity index (χ1) is 10.9. The van der Waals surface area contributed by atoms with E-state index in [0.717, 1.165) is 0 Å². The first kappa shape index (κ1) is 15.8. The summed E-state index contributed by atoms with van der Waals surface area (Å²) in [6.45, 7) is 0. The lowest BCUT2D eigenvalue weighted by atomic mass is 9.95. The van der Waals surface area contributed by atoms with Crippen molar-refractivity contribution in [1.29, 1.82) is 0 Å². The topological polar surface area (TPSA) is 76.0 Å². The van der Waals surface area contributed by atoms with Crippen molar-refractivity contribution in [1.82, 2.24) is 0 Å². The number of ether oxygens (including phenoxy) is 2. The number of benzene rings is 2. The number of rotatable bonds is 2. The number of fused-ring (bicyclic) bond motifs is 1. The Balaban J connectivity index is 2.06. The maximum absolute atomic E-state index is 12.4. The molecule has 0 fully saturated rings. The van der Waals surface area contributed by atoms with Gasteiger partial charge in [-0.1, -0.05) is 23.2 Å². The standard InChI is InChI=1S/C16H12Cl2O5/c1-22-13-6-12-14(16(21)15(13)20)10(19)5-11(23-12)7-2-8(17)4-9(18)3-7/h2-4,6,11,20-21H,5H2,1H3. The highest BCUT2D eigenvalue weighted by molar-refractivity contribution is 6.34. The van der Waals surface area contributed by atoms with E-state index in [0.29, 0.717) is 15.6 Å². The number of carbonyl (C=O) groups excluding carboxylic acids is 1. The first-order valence-electron chi connectivity index (χ1n) is 6.69. The third kappa shape index (κ3) is 2.78. The maximum atomic E-state index is 12.4. The quantitative estimate of drug-likeness (QED) is 0.793. The van der Waals surface area contributed by atoms with Crippen molar-refractivity contribution in [2.45, 2.75) is 12.5 Å². The summed E-state index contributed by atoms with van der Waals surface area (Å²) in [5.41, 5.74) is 0.584. The highest BCUT2D eigenvalue weighted by Gasteiger charge is 2.33. The summed E-state index contributed by atoms with van der Waals surface area (Å²) in [7, 11) is 1.33. The van der Waals surface area contributed by atoms with E-state index in [4.69, 9.17) is 32.7 Å². The molecular weight excluding hydrogens is 343 g/mol. The summed E-state index contributed by atoms with van der Waals surface area (Å²) in [6.07, 6.45) is -0.608. The minimum absolute atomic E-state index is 0.0109. The molecule has 2 N–H and O–H groups in total. The Labute approximate surface area is 142 Å². The Bertz CT molecular complexity index is 783. The van der Waals surface area contributed by atoms with E-state index in [1.165, 1.54) is 13.2 Å². The van der Waals surface area contributed by atoms with Gasteiger partial charge in [0.1, 0.15) is 17.4 Å². The van der Waals surface area contributed by atoms with Crippen molar-refractivity contribution in [3.05, 3.63) is 45.4 Å². The average Bonchev–Trinajstić information content (AvgIpc) is 2.49. The van der Waals surface area contributed by atoms with Crippen LogP contribution in [0.2, 0.25) is 10.0 Å². The molecule has 1 aliphatic heterocycles. The van der Waals surface area contributed by atoms with Crippen LogP contribution in [0, 0.1) is 0 Å². The lowest BCUT2D eigenvalue weighted by Gasteiger charge is -2.27. The third-order valence-electron chi connectivity index (χ3n) is 3.60. The van der Waals surface area contributed by atoms with Gasteiger partial charge in [0.25, 0.3) is 0 Å². The Morgan fingerprint density at radius 2 is 1.78 bits per heavy atom. The number of Topliss-reactive ketones (excluding diaryl/α,β-unsaturated/α-hetero) is 1. The molecule has 1 heterocycles. The second-order valence-corrected chi connectivity index (χ2v) is 5.96. The van der Waals surface area contributed by atoms with Gasteiger partial charge in [0.2, 0.25) is 5.75 Å². The fourth-order valence-corrected chi connectivity index (χ4v) is 3.08. The number of methoxy groups -OCH3 is 1. The Morgan fingerprint density at radius 3 is 2.39 bits per heavy atom. The van der Waals surface area contributed by atoms with Crippen LogP contribution in [0.25, 0.3) is 0 Å². The molecule has 3 rings (SSSR count). The number of aromatic hydroxyl groups is 2. The molecule has 0 bridgehead atoms. The highest BCUT2D eigenvalue weighted by Crippen LogP contribution is 2.48. The smallest absolute Gasteiger partial charge is 0.201 e. The summed E-state index contributed by atoms with van der Waals surface area (Å²) in [5.74, 6) is -1.25. The fraction of sp³-hybridized carbons (Fsp3) is 0.188. The molecule has 5 nitrogen and oxygen atoms in total. The molecule has 0 radical (unpaired) electrons. The highest BCUT2D eigenvalue weighted by atomic mass is 35.5. The number of carbonyl (C=O) groups is 1. The monoisotopic (exact) mass is 354 g/mol. The maximum Gasteiger partial charge on any atom is 0.201 e. The van der Waals surface area contributed by atoms with Crippen LogP contribution in [0.5, 0.6) is 23.0 Å². The molecule has 2 aromatic rings. The Hall–Kier alpha value is -2.11. The fourth-order valence-electron chi connectivity index (χ4n) is 2.54. The number of hydrogen-bond donors (Lipinski definition) is 2. The van der Waals surface area contributed by atoms with Crippen molar-refractivity contribution in [3.8, 4) is 23.0 Å². The van der Waals surface area contributed by atoms with Crippen LogP contribution < -0.4 is 9.47 Å². The molecule has 1 atom stereocenters. The molecule has 0 saturated carbocycles. The predicted octanol–water partition coefficient (Wildman–Crippen LogP) is 4.12. The molecular formula is C16H12Cl2O5. The molecule has 0 saturated heterocycles. The van der Waals surface area contributed by atoms with Crippen LogP contribution >= 0.6 is 23.2 Å². The van der Waals surface area contributed by atoms with Gasteiger partial charge in [-0.2, -0.15) is 0 Å². The summed E-state index contributed by atoms with van der Waals surface area (Å²) < 4.78 is 10.8. The molecule has 7 heteroatoms. The summed E-state index contributed by atoms with van der Waals surface area (Å²) in [6, 6.07) is 6.26. The molecule has 0 aromatic heterocycles. The molecule has 2 aromatic carbocycles. The van der Waals surface area contributed by atoms with E-state index in [9.17, 15) is 15.0 Å². The number of halogens is 2. The van der Waals surface area contributed by atoms with Crippen LogP contribution in [0.3, 0.4) is 0 Å². The molecule has 23 heavy (non-hydrogen) atoms. The van der Waals surface area contributed by atoms with E-state index >= 15 is 0 Å². The minimum Gasteiger partial charge on any atom is -0.504 e. The SMILES string of the molecule is COc1cc2c(c(O)c1O)C(=O)CC(c1cc(Cl)cc(Cl)c1)O2. The van der Waals surface area contributed by atoms with Gasteiger partial charge < -0.3 is 19.7 Å². The predicted molar refractivity (Wildman–Crippen MR) is 85.1 cm³/mol.